The number of halogens is 1. The number of ether oxygens (including phenoxy) is 2. The van der Waals surface area contributed by atoms with Crippen LogP contribution in [0, 0.1) is 0 Å². The Bertz CT molecular complexity index is 928. The molecule has 0 N–H and O–H groups in total. The smallest absolute Gasteiger partial charge is 0.127 e. The molecular formula is C22H17ClO2. The molecule has 0 saturated heterocycles. The molecule has 4 rings (SSSR count). The van der Waals surface area contributed by atoms with Crippen molar-refractivity contribution in [3.8, 4) is 11.5 Å². The average Bonchev–Trinajstić information content (AvgIpc) is 2.68. The van der Waals surface area contributed by atoms with E-state index in [1.165, 1.54) is 0 Å². The molecule has 3 aromatic rings. The average molecular weight is 349 g/mol. The van der Waals surface area contributed by atoms with Gasteiger partial charge in [-0.3, -0.25) is 0 Å². The van der Waals surface area contributed by atoms with E-state index in [4.69, 9.17) is 21.1 Å². The molecule has 0 radical (unpaired) electrons. The fraction of sp³-hybridized carbons (Fsp3) is 0.0909. The van der Waals surface area contributed by atoms with Crippen LogP contribution in [0.1, 0.15) is 16.7 Å². The Balaban J connectivity index is 1.96. The van der Waals surface area contributed by atoms with Crippen molar-refractivity contribution in [3.63, 3.8) is 0 Å². The van der Waals surface area contributed by atoms with Crippen molar-refractivity contribution >= 4 is 22.7 Å². The molecule has 0 aromatic heterocycles. The van der Waals surface area contributed by atoms with Crippen LogP contribution in [0.25, 0.3) is 11.1 Å². The molecule has 2 nitrogen and oxygen atoms in total. The van der Waals surface area contributed by atoms with Gasteiger partial charge < -0.3 is 9.47 Å². The molecule has 0 bridgehead atoms. The van der Waals surface area contributed by atoms with Gasteiger partial charge in [-0.15, -0.1) is 0 Å². The molecule has 124 valence electrons. The Morgan fingerprint density at radius 2 is 1.64 bits per heavy atom. The van der Waals surface area contributed by atoms with E-state index in [-0.39, 0.29) is 0 Å². The molecule has 0 unspecified atom stereocenters. The van der Waals surface area contributed by atoms with E-state index >= 15 is 0 Å². The van der Waals surface area contributed by atoms with E-state index in [9.17, 15) is 0 Å². The van der Waals surface area contributed by atoms with Crippen LogP contribution in [0.4, 0.5) is 0 Å². The van der Waals surface area contributed by atoms with Crippen molar-refractivity contribution in [2.75, 3.05) is 13.7 Å². The summed E-state index contributed by atoms with van der Waals surface area (Å²) in [5, 5.41) is 0.697. The zero-order valence-electron chi connectivity index (χ0n) is 13.8. The Kier molecular flexibility index (Phi) is 4.21. The van der Waals surface area contributed by atoms with Gasteiger partial charge in [0.2, 0.25) is 0 Å². The molecule has 3 aromatic carbocycles. The third kappa shape index (κ3) is 3.01. The molecule has 0 atom stereocenters. The van der Waals surface area contributed by atoms with E-state index in [2.05, 4.69) is 24.3 Å². The topological polar surface area (TPSA) is 18.5 Å². The number of methoxy groups -OCH3 is 1. The molecule has 1 aliphatic heterocycles. The maximum Gasteiger partial charge on any atom is 0.127 e. The van der Waals surface area contributed by atoms with E-state index in [0.29, 0.717) is 11.6 Å². The lowest BCUT2D eigenvalue weighted by atomic mass is 9.88. The summed E-state index contributed by atoms with van der Waals surface area (Å²) in [4.78, 5) is 0. The van der Waals surface area contributed by atoms with E-state index in [1.807, 2.05) is 48.5 Å². The zero-order valence-corrected chi connectivity index (χ0v) is 14.6. The van der Waals surface area contributed by atoms with Crippen LogP contribution in [-0.2, 0) is 0 Å². The number of hydrogen-bond acceptors (Lipinski definition) is 2. The summed E-state index contributed by atoms with van der Waals surface area (Å²) in [6, 6.07) is 24.2. The van der Waals surface area contributed by atoms with Crippen LogP contribution >= 0.6 is 11.6 Å². The van der Waals surface area contributed by atoms with Gasteiger partial charge in [0, 0.05) is 16.2 Å². The zero-order chi connectivity index (χ0) is 17.2. The minimum atomic E-state index is 0.528. The lowest BCUT2D eigenvalue weighted by molar-refractivity contribution is 0.365. The van der Waals surface area contributed by atoms with Crippen LogP contribution in [0.2, 0.25) is 5.02 Å². The summed E-state index contributed by atoms with van der Waals surface area (Å²) in [5.74, 6) is 1.69. The van der Waals surface area contributed by atoms with Crippen molar-refractivity contribution in [1.82, 2.24) is 0 Å². The Morgan fingerprint density at radius 1 is 0.880 bits per heavy atom. The van der Waals surface area contributed by atoms with E-state index < -0.39 is 0 Å². The number of benzene rings is 3. The second-order valence-corrected chi connectivity index (χ2v) is 6.31. The third-order valence-electron chi connectivity index (χ3n) is 4.39. The fourth-order valence-electron chi connectivity index (χ4n) is 3.16. The van der Waals surface area contributed by atoms with Gasteiger partial charge in [0.1, 0.15) is 18.1 Å². The van der Waals surface area contributed by atoms with Crippen molar-refractivity contribution in [2.24, 2.45) is 0 Å². The SMILES string of the molecule is COc1ccc(C2=C(c3ccccc3)COc3ccc(Cl)cc32)cc1. The van der Waals surface area contributed by atoms with Gasteiger partial charge in [-0.05, 0) is 47.0 Å². The van der Waals surface area contributed by atoms with Crippen LogP contribution in [-0.4, -0.2) is 13.7 Å². The summed E-state index contributed by atoms with van der Waals surface area (Å²) >= 11 is 6.27. The molecule has 0 fully saturated rings. The molecule has 0 aliphatic carbocycles. The predicted octanol–water partition coefficient (Wildman–Crippen LogP) is 5.70. The molecule has 0 spiro atoms. The first-order valence-corrected chi connectivity index (χ1v) is 8.50. The van der Waals surface area contributed by atoms with Crippen molar-refractivity contribution in [1.29, 1.82) is 0 Å². The Labute approximate surface area is 152 Å². The molecular weight excluding hydrogens is 332 g/mol. The second-order valence-electron chi connectivity index (χ2n) is 5.88. The molecule has 3 heteroatoms. The summed E-state index contributed by atoms with van der Waals surface area (Å²) in [7, 11) is 1.67. The highest BCUT2D eigenvalue weighted by atomic mass is 35.5. The van der Waals surface area contributed by atoms with Gasteiger partial charge in [-0.1, -0.05) is 54.1 Å². The Hall–Kier alpha value is -2.71. The molecule has 0 saturated carbocycles. The maximum absolute atomic E-state index is 6.27. The fourth-order valence-corrected chi connectivity index (χ4v) is 3.33. The van der Waals surface area contributed by atoms with Gasteiger partial charge >= 0.3 is 0 Å². The minimum absolute atomic E-state index is 0.528. The molecule has 1 aliphatic rings. The Morgan fingerprint density at radius 3 is 2.36 bits per heavy atom. The lowest BCUT2D eigenvalue weighted by Crippen LogP contribution is -2.11. The highest BCUT2D eigenvalue weighted by molar-refractivity contribution is 6.31. The largest absolute Gasteiger partial charge is 0.497 e. The summed E-state index contributed by atoms with van der Waals surface area (Å²) in [6.45, 7) is 0.528. The van der Waals surface area contributed by atoms with Crippen molar-refractivity contribution in [2.45, 2.75) is 0 Å². The van der Waals surface area contributed by atoms with Crippen molar-refractivity contribution in [3.05, 3.63) is 94.5 Å². The normalized spacial score (nSPS) is 13.2. The van der Waals surface area contributed by atoms with E-state index in [1.54, 1.807) is 7.11 Å². The number of fused-ring (bicyclic) bond motifs is 1. The number of rotatable bonds is 3. The first kappa shape index (κ1) is 15.8. The van der Waals surface area contributed by atoms with Gasteiger partial charge in [0.25, 0.3) is 0 Å². The summed E-state index contributed by atoms with van der Waals surface area (Å²) in [6.07, 6.45) is 0. The van der Waals surface area contributed by atoms with Gasteiger partial charge in [-0.2, -0.15) is 0 Å². The molecule has 0 amide bonds. The van der Waals surface area contributed by atoms with Crippen LogP contribution in [0.3, 0.4) is 0 Å². The maximum atomic E-state index is 6.27. The lowest BCUT2D eigenvalue weighted by Gasteiger charge is -2.25. The van der Waals surface area contributed by atoms with Crippen LogP contribution < -0.4 is 9.47 Å². The van der Waals surface area contributed by atoms with Crippen LogP contribution in [0.15, 0.2) is 72.8 Å². The highest BCUT2D eigenvalue weighted by Gasteiger charge is 2.23. The third-order valence-corrected chi connectivity index (χ3v) is 4.62. The van der Waals surface area contributed by atoms with Gasteiger partial charge in [0.15, 0.2) is 0 Å². The second kappa shape index (κ2) is 6.66. The highest BCUT2D eigenvalue weighted by Crippen LogP contribution is 2.42. The standard InChI is InChI=1S/C22H17ClO2/c1-24-18-10-7-16(8-11-18)22-19-13-17(23)9-12-21(19)25-14-20(22)15-5-3-2-4-6-15/h2-13H,14H2,1H3. The quantitative estimate of drug-likeness (QED) is 0.604. The molecule has 25 heavy (non-hydrogen) atoms. The minimum Gasteiger partial charge on any atom is -0.497 e. The number of hydrogen-bond donors (Lipinski definition) is 0. The van der Waals surface area contributed by atoms with Crippen molar-refractivity contribution < 1.29 is 9.47 Å². The predicted molar refractivity (Wildman–Crippen MR) is 102 cm³/mol. The summed E-state index contributed by atoms with van der Waals surface area (Å²) in [5.41, 5.74) is 5.59. The molecule has 1 heterocycles. The van der Waals surface area contributed by atoms with E-state index in [0.717, 1.165) is 39.3 Å². The van der Waals surface area contributed by atoms with Crippen LogP contribution in [0.5, 0.6) is 11.5 Å². The van der Waals surface area contributed by atoms with Gasteiger partial charge in [-0.25, -0.2) is 0 Å². The monoisotopic (exact) mass is 348 g/mol. The first-order chi connectivity index (χ1) is 12.3. The van der Waals surface area contributed by atoms with Gasteiger partial charge in [0.05, 0.1) is 7.11 Å². The summed E-state index contributed by atoms with van der Waals surface area (Å²) < 4.78 is 11.3. The first-order valence-electron chi connectivity index (χ1n) is 8.12.